The molecule has 0 bridgehead atoms. The van der Waals surface area contributed by atoms with Crippen molar-refractivity contribution in [1.29, 1.82) is 0 Å². The molecule has 1 fully saturated rings. The number of benzene rings is 1. The van der Waals surface area contributed by atoms with Crippen LogP contribution in [0.1, 0.15) is 21.7 Å². The highest BCUT2D eigenvalue weighted by Gasteiger charge is 2.40. The molecule has 160 valence electrons. The highest BCUT2D eigenvalue weighted by atomic mass is 32.1. The largest absolute Gasteiger partial charge is 0.497 e. The van der Waals surface area contributed by atoms with Crippen LogP contribution in [0.15, 0.2) is 41.8 Å². The van der Waals surface area contributed by atoms with Crippen molar-refractivity contribution in [2.45, 2.75) is 19.0 Å². The third-order valence-corrected chi connectivity index (χ3v) is 5.75. The Hall–Kier alpha value is -2.91. The number of nitrogens with two attached hydrogens (primary N) is 1. The van der Waals surface area contributed by atoms with Gasteiger partial charge in [-0.2, -0.15) is 0 Å². The van der Waals surface area contributed by atoms with E-state index in [-0.39, 0.29) is 31.3 Å². The van der Waals surface area contributed by atoms with Gasteiger partial charge in [0.2, 0.25) is 5.91 Å². The van der Waals surface area contributed by atoms with Gasteiger partial charge in [-0.15, -0.1) is 11.3 Å². The first-order chi connectivity index (χ1) is 14.5. The standard InChI is InChI=1S/C21H26N4O4S/c1-29-16-6-2-5-15(13-16)21(28)25-11-4-10-24(20(25)19(27)23-9-8-22)18(26)14-17-7-3-12-30-17/h2-3,5-7,12-13,20H,4,8-11,14,22H2,1H3,(H,23,27). The molecule has 8 nitrogen and oxygen atoms in total. The maximum absolute atomic E-state index is 13.3. The number of methoxy groups -OCH3 is 1. The summed E-state index contributed by atoms with van der Waals surface area (Å²) in [5.41, 5.74) is 5.92. The van der Waals surface area contributed by atoms with Gasteiger partial charge in [0.1, 0.15) is 5.75 Å². The molecule has 1 unspecified atom stereocenters. The van der Waals surface area contributed by atoms with Crippen molar-refractivity contribution in [3.63, 3.8) is 0 Å². The lowest BCUT2D eigenvalue weighted by molar-refractivity contribution is -0.148. The van der Waals surface area contributed by atoms with Crippen LogP contribution in [0.2, 0.25) is 0 Å². The van der Waals surface area contributed by atoms with Gasteiger partial charge in [0.25, 0.3) is 11.8 Å². The van der Waals surface area contributed by atoms with Gasteiger partial charge in [0, 0.05) is 36.6 Å². The predicted molar refractivity (Wildman–Crippen MR) is 114 cm³/mol. The van der Waals surface area contributed by atoms with Gasteiger partial charge >= 0.3 is 0 Å². The molecule has 30 heavy (non-hydrogen) atoms. The van der Waals surface area contributed by atoms with Crippen LogP contribution < -0.4 is 15.8 Å². The molecule has 0 aliphatic carbocycles. The fourth-order valence-electron chi connectivity index (χ4n) is 3.45. The zero-order chi connectivity index (χ0) is 21.5. The second-order valence-corrected chi connectivity index (χ2v) is 7.91. The summed E-state index contributed by atoms with van der Waals surface area (Å²) in [6, 6.07) is 10.5. The van der Waals surface area contributed by atoms with E-state index < -0.39 is 12.1 Å². The summed E-state index contributed by atoms with van der Waals surface area (Å²) in [7, 11) is 1.53. The van der Waals surface area contributed by atoms with Crippen molar-refractivity contribution in [2.24, 2.45) is 5.73 Å². The van der Waals surface area contributed by atoms with E-state index in [2.05, 4.69) is 5.32 Å². The summed E-state index contributed by atoms with van der Waals surface area (Å²) in [5.74, 6) is -0.368. The molecule has 1 atom stereocenters. The summed E-state index contributed by atoms with van der Waals surface area (Å²) in [6.45, 7) is 1.32. The lowest BCUT2D eigenvalue weighted by Crippen LogP contribution is -2.64. The van der Waals surface area contributed by atoms with Gasteiger partial charge in [-0.3, -0.25) is 14.4 Å². The van der Waals surface area contributed by atoms with Crippen molar-refractivity contribution in [2.75, 3.05) is 33.3 Å². The molecule has 1 aromatic carbocycles. The van der Waals surface area contributed by atoms with Crippen LogP contribution in [0.4, 0.5) is 0 Å². The molecule has 1 aliphatic heterocycles. The van der Waals surface area contributed by atoms with Crippen molar-refractivity contribution >= 4 is 29.1 Å². The zero-order valence-corrected chi connectivity index (χ0v) is 17.7. The van der Waals surface area contributed by atoms with E-state index in [1.54, 1.807) is 24.3 Å². The van der Waals surface area contributed by atoms with Crippen molar-refractivity contribution < 1.29 is 19.1 Å². The maximum atomic E-state index is 13.3. The van der Waals surface area contributed by atoms with Crippen LogP contribution in [0.3, 0.4) is 0 Å². The molecule has 9 heteroatoms. The molecule has 0 saturated carbocycles. The van der Waals surface area contributed by atoms with Gasteiger partial charge in [-0.05, 0) is 36.1 Å². The molecule has 2 aromatic rings. The summed E-state index contributed by atoms with van der Waals surface area (Å²) < 4.78 is 5.21. The summed E-state index contributed by atoms with van der Waals surface area (Å²) in [4.78, 5) is 43.1. The van der Waals surface area contributed by atoms with Crippen LogP contribution in [-0.2, 0) is 16.0 Å². The average Bonchev–Trinajstić information content (AvgIpc) is 3.29. The van der Waals surface area contributed by atoms with Crippen LogP contribution in [0, 0.1) is 0 Å². The van der Waals surface area contributed by atoms with Crippen molar-refractivity contribution in [3.8, 4) is 5.75 Å². The number of rotatable bonds is 7. The number of hydrogen-bond donors (Lipinski definition) is 2. The van der Waals surface area contributed by atoms with Crippen LogP contribution in [-0.4, -0.2) is 67.0 Å². The Labute approximate surface area is 179 Å². The Morgan fingerprint density at radius 3 is 2.70 bits per heavy atom. The predicted octanol–water partition coefficient (Wildman–Crippen LogP) is 1.07. The number of hydrogen-bond acceptors (Lipinski definition) is 6. The monoisotopic (exact) mass is 430 g/mol. The topological polar surface area (TPSA) is 105 Å². The molecule has 0 spiro atoms. The van der Waals surface area contributed by atoms with E-state index in [1.807, 2.05) is 17.5 Å². The summed E-state index contributed by atoms with van der Waals surface area (Å²) in [6.07, 6.45) is -0.233. The minimum absolute atomic E-state index is 0.187. The van der Waals surface area contributed by atoms with Crippen LogP contribution >= 0.6 is 11.3 Å². The third-order valence-electron chi connectivity index (χ3n) is 4.87. The summed E-state index contributed by atoms with van der Waals surface area (Å²) in [5, 5.41) is 4.64. The zero-order valence-electron chi connectivity index (χ0n) is 16.9. The van der Waals surface area contributed by atoms with Crippen LogP contribution in [0.25, 0.3) is 0 Å². The van der Waals surface area contributed by atoms with Gasteiger partial charge < -0.3 is 25.6 Å². The molecular weight excluding hydrogens is 404 g/mol. The minimum Gasteiger partial charge on any atom is -0.497 e. The number of nitrogens with one attached hydrogen (secondary N) is 1. The number of carbonyl (C=O) groups excluding carboxylic acids is 3. The summed E-state index contributed by atoms with van der Waals surface area (Å²) >= 11 is 1.49. The van der Waals surface area contributed by atoms with Crippen LogP contribution in [0.5, 0.6) is 5.75 Å². The van der Waals surface area contributed by atoms with E-state index in [9.17, 15) is 14.4 Å². The van der Waals surface area contributed by atoms with Crippen molar-refractivity contribution in [1.82, 2.24) is 15.1 Å². The Morgan fingerprint density at radius 1 is 1.20 bits per heavy atom. The van der Waals surface area contributed by atoms with Gasteiger partial charge in [-0.1, -0.05) is 12.1 Å². The lowest BCUT2D eigenvalue weighted by Gasteiger charge is -2.42. The quantitative estimate of drug-likeness (QED) is 0.684. The molecule has 1 saturated heterocycles. The molecule has 3 amide bonds. The Morgan fingerprint density at radius 2 is 2.00 bits per heavy atom. The number of ether oxygens (including phenoxy) is 1. The Kier molecular flexibility index (Phi) is 7.42. The number of nitrogens with zero attached hydrogens (tertiary/aromatic N) is 2. The Bertz CT molecular complexity index is 887. The highest BCUT2D eigenvalue weighted by molar-refractivity contribution is 7.10. The van der Waals surface area contributed by atoms with Crippen molar-refractivity contribution in [3.05, 3.63) is 52.2 Å². The number of carbonyl (C=O) groups is 3. The maximum Gasteiger partial charge on any atom is 0.263 e. The lowest BCUT2D eigenvalue weighted by atomic mass is 10.1. The highest BCUT2D eigenvalue weighted by Crippen LogP contribution is 2.22. The fourth-order valence-corrected chi connectivity index (χ4v) is 4.15. The smallest absolute Gasteiger partial charge is 0.263 e. The first-order valence-corrected chi connectivity index (χ1v) is 10.7. The average molecular weight is 431 g/mol. The normalized spacial score (nSPS) is 16.3. The SMILES string of the molecule is COc1cccc(C(=O)N2CCCN(C(=O)Cc3cccs3)C2C(=O)NCCN)c1. The first kappa shape index (κ1) is 21.8. The number of amides is 3. The van der Waals surface area contributed by atoms with E-state index >= 15 is 0 Å². The number of thiophene rings is 1. The van der Waals surface area contributed by atoms with Gasteiger partial charge in [-0.25, -0.2) is 0 Å². The van der Waals surface area contributed by atoms with Gasteiger partial charge in [0.15, 0.2) is 6.17 Å². The second-order valence-electron chi connectivity index (χ2n) is 6.88. The molecule has 3 N–H and O–H groups in total. The molecule has 2 heterocycles. The molecule has 0 radical (unpaired) electrons. The van der Waals surface area contributed by atoms with E-state index in [0.717, 1.165) is 4.88 Å². The third kappa shape index (κ3) is 4.98. The minimum atomic E-state index is -1.02. The van der Waals surface area contributed by atoms with E-state index in [1.165, 1.54) is 28.2 Å². The first-order valence-electron chi connectivity index (χ1n) is 9.79. The molecule has 3 rings (SSSR count). The molecular formula is C21H26N4O4S. The van der Waals surface area contributed by atoms with E-state index in [4.69, 9.17) is 10.5 Å². The molecule has 1 aliphatic rings. The Balaban J connectivity index is 1.88. The van der Waals surface area contributed by atoms with Gasteiger partial charge in [0.05, 0.1) is 13.5 Å². The fraction of sp³-hybridized carbons (Fsp3) is 0.381. The second kappa shape index (κ2) is 10.2. The van der Waals surface area contributed by atoms with E-state index in [0.29, 0.717) is 30.8 Å². The molecule has 1 aromatic heterocycles.